The van der Waals surface area contributed by atoms with Crippen LogP contribution in [-0.2, 0) is 0 Å². The highest BCUT2D eigenvalue weighted by molar-refractivity contribution is 5.74. The second-order valence-electron chi connectivity index (χ2n) is 4.61. The summed E-state index contributed by atoms with van der Waals surface area (Å²) >= 11 is 0. The fourth-order valence-corrected chi connectivity index (χ4v) is 2.22. The zero-order valence-corrected chi connectivity index (χ0v) is 11.5. The Labute approximate surface area is 122 Å². The van der Waals surface area contributed by atoms with E-state index in [0.717, 1.165) is 0 Å². The van der Waals surface area contributed by atoms with Crippen molar-refractivity contribution in [2.75, 3.05) is 37.6 Å². The van der Waals surface area contributed by atoms with E-state index in [4.69, 9.17) is 11.7 Å². The van der Waals surface area contributed by atoms with Gasteiger partial charge < -0.3 is 15.1 Å². The predicted octanol–water partition coefficient (Wildman–Crippen LogP) is 1.16. The lowest BCUT2D eigenvalue weighted by Crippen LogP contribution is -2.52. The summed E-state index contributed by atoms with van der Waals surface area (Å²) < 4.78 is 13.9. The third kappa shape index (κ3) is 3.43. The summed E-state index contributed by atoms with van der Waals surface area (Å²) in [6, 6.07) is 6.11. The molecule has 1 N–H and O–H groups in total. The third-order valence-electron chi connectivity index (χ3n) is 3.33. The van der Waals surface area contributed by atoms with Crippen LogP contribution in [0.1, 0.15) is 5.56 Å². The molecule has 0 unspecified atom stereocenters. The number of urea groups is 1. The van der Waals surface area contributed by atoms with Crippen molar-refractivity contribution in [1.82, 2.24) is 10.2 Å². The molecule has 1 aliphatic rings. The summed E-state index contributed by atoms with van der Waals surface area (Å²) in [4.78, 5) is 15.3. The van der Waals surface area contributed by atoms with Crippen molar-refractivity contribution in [2.24, 2.45) is 0 Å². The van der Waals surface area contributed by atoms with Crippen LogP contribution in [0.4, 0.5) is 14.9 Å². The molecule has 2 rings (SSSR count). The fourth-order valence-electron chi connectivity index (χ4n) is 2.22. The molecule has 1 aromatic rings. The van der Waals surface area contributed by atoms with Crippen molar-refractivity contribution >= 4 is 11.7 Å². The second kappa shape index (κ2) is 6.62. The van der Waals surface area contributed by atoms with Crippen molar-refractivity contribution in [1.29, 1.82) is 5.26 Å². The molecule has 2 amide bonds. The number of nitrogens with zero attached hydrogens (tertiary/aromatic N) is 3. The monoisotopic (exact) mass is 286 g/mol. The highest BCUT2D eigenvalue weighted by atomic mass is 19.1. The van der Waals surface area contributed by atoms with E-state index in [9.17, 15) is 9.18 Å². The molecular formula is C15H15FN4O. The zero-order valence-electron chi connectivity index (χ0n) is 11.5. The van der Waals surface area contributed by atoms with Crippen LogP contribution < -0.4 is 10.2 Å². The lowest BCUT2D eigenvalue weighted by Gasteiger charge is -2.36. The van der Waals surface area contributed by atoms with Crippen LogP contribution in [-0.4, -0.2) is 43.7 Å². The molecule has 6 heteroatoms. The molecule has 0 aromatic heterocycles. The van der Waals surface area contributed by atoms with Crippen molar-refractivity contribution in [3.05, 3.63) is 29.6 Å². The van der Waals surface area contributed by atoms with Gasteiger partial charge in [0.15, 0.2) is 0 Å². The van der Waals surface area contributed by atoms with E-state index in [1.807, 2.05) is 11.0 Å². The normalized spacial score (nSPS) is 14.2. The third-order valence-corrected chi connectivity index (χ3v) is 3.33. The summed E-state index contributed by atoms with van der Waals surface area (Å²) in [5.41, 5.74) is 0.751. The molecule has 0 atom stereocenters. The van der Waals surface area contributed by atoms with Gasteiger partial charge in [-0.05, 0) is 18.2 Å². The lowest BCUT2D eigenvalue weighted by atomic mass is 10.2. The summed E-state index contributed by atoms with van der Waals surface area (Å²) in [6.45, 7) is 2.26. The molecule has 0 radical (unpaired) electrons. The Hall–Kier alpha value is -2.73. The van der Waals surface area contributed by atoms with Crippen molar-refractivity contribution in [3.8, 4) is 18.4 Å². The van der Waals surface area contributed by atoms with E-state index in [1.165, 1.54) is 6.07 Å². The van der Waals surface area contributed by atoms with Gasteiger partial charge in [-0.25, -0.2) is 9.18 Å². The molecule has 5 nitrogen and oxygen atoms in total. The number of anilines is 1. The summed E-state index contributed by atoms with van der Waals surface area (Å²) in [5.74, 6) is 1.93. The summed E-state index contributed by atoms with van der Waals surface area (Å²) in [5, 5.41) is 11.3. The molecule has 0 spiro atoms. The highest BCUT2D eigenvalue weighted by Crippen LogP contribution is 2.21. The molecule has 1 heterocycles. The number of benzene rings is 1. The Balaban J connectivity index is 1.97. The number of carbonyl (C=O) groups excluding carboxylic acids is 1. The summed E-state index contributed by atoms with van der Waals surface area (Å²) in [6.07, 6.45) is 5.09. The van der Waals surface area contributed by atoms with Crippen molar-refractivity contribution < 1.29 is 9.18 Å². The molecule has 1 fully saturated rings. The predicted molar refractivity (Wildman–Crippen MR) is 77.1 cm³/mol. The van der Waals surface area contributed by atoms with Gasteiger partial charge in [-0.2, -0.15) is 5.26 Å². The minimum absolute atomic E-state index is 0.198. The number of rotatable bonds is 2. The Morgan fingerprint density at radius 2 is 2.10 bits per heavy atom. The van der Waals surface area contributed by atoms with Gasteiger partial charge in [0, 0.05) is 26.2 Å². The van der Waals surface area contributed by atoms with Crippen LogP contribution in [0.5, 0.6) is 0 Å². The standard InChI is InChI=1S/C15H15FN4O/c1-2-5-18-15(21)20-8-6-19(7-9-20)14-4-3-12(11-17)10-13(14)16/h1,3-4,10H,5-9H2,(H,18,21). The van der Waals surface area contributed by atoms with Crippen LogP contribution in [0.2, 0.25) is 0 Å². The number of halogens is 1. The molecule has 0 saturated carbocycles. The van der Waals surface area contributed by atoms with Gasteiger partial charge in [-0.1, -0.05) is 5.92 Å². The maximum absolute atomic E-state index is 13.9. The van der Waals surface area contributed by atoms with E-state index < -0.39 is 5.82 Å². The van der Waals surface area contributed by atoms with Crippen molar-refractivity contribution in [2.45, 2.75) is 0 Å². The average Bonchev–Trinajstić information content (AvgIpc) is 2.52. The second-order valence-corrected chi connectivity index (χ2v) is 4.61. The maximum atomic E-state index is 13.9. The van der Waals surface area contributed by atoms with Crippen LogP contribution in [0, 0.1) is 29.5 Å². The first-order chi connectivity index (χ1) is 10.2. The molecule has 0 aliphatic carbocycles. The SMILES string of the molecule is C#CCNC(=O)N1CCN(c2ccc(C#N)cc2F)CC1. The van der Waals surface area contributed by atoms with Crippen LogP contribution in [0.25, 0.3) is 0 Å². The van der Waals surface area contributed by atoms with Crippen LogP contribution in [0.3, 0.4) is 0 Å². The molecule has 1 aromatic carbocycles. The Morgan fingerprint density at radius 1 is 1.38 bits per heavy atom. The zero-order chi connectivity index (χ0) is 15.2. The molecule has 1 saturated heterocycles. The lowest BCUT2D eigenvalue weighted by molar-refractivity contribution is 0.195. The number of hydrogen-bond donors (Lipinski definition) is 1. The number of carbonyl (C=O) groups is 1. The Morgan fingerprint density at radius 3 is 2.67 bits per heavy atom. The topological polar surface area (TPSA) is 59.4 Å². The minimum atomic E-state index is -0.417. The number of nitrogens with one attached hydrogen (secondary N) is 1. The van der Waals surface area contributed by atoms with Crippen LogP contribution >= 0.6 is 0 Å². The van der Waals surface area contributed by atoms with E-state index >= 15 is 0 Å². The van der Waals surface area contributed by atoms with E-state index in [1.54, 1.807) is 17.0 Å². The van der Waals surface area contributed by atoms with Crippen LogP contribution in [0.15, 0.2) is 18.2 Å². The average molecular weight is 286 g/mol. The number of terminal acetylenes is 1. The maximum Gasteiger partial charge on any atom is 0.318 e. The van der Waals surface area contributed by atoms with E-state index in [-0.39, 0.29) is 12.6 Å². The molecule has 108 valence electrons. The van der Waals surface area contributed by atoms with Crippen molar-refractivity contribution in [3.63, 3.8) is 0 Å². The van der Waals surface area contributed by atoms with Gasteiger partial charge in [-0.15, -0.1) is 6.42 Å². The largest absolute Gasteiger partial charge is 0.366 e. The quantitative estimate of drug-likeness (QED) is 0.830. The number of piperazine rings is 1. The molecule has 21 heavy (non-hydrogen) atoms. The number of amides is 2. The molecule has 1 aliphatic heterocycles. The van der Waals surface area contributed by atoms with E-state index in [0.29, 0.717) is 37.4 Å². The number of nitriles is 1. The Bertz CT molecular complexity index is 609. The molecular weight excluding hydrogens is 271 g/mol. The number of hydrogen-bond acceptors (Lipinski definition) is 3. The van der Waals surface area contributed by atoms with Gasteiger partial charge in [0.2, 0.25) is 0 Å². The minimum Gasteiger partial charge on any atom is -0.366 e. The van der Waals surface area contributed by atoms with E-state index in [2.05, 4.69) is 11.2 Å². The Kier molecular flexibility index (Phi) is 4.63. The molecule has 0 bridgehead atoms. The fraction of sp³-hybridized carbons (Fsp3) is 0.333. The van der Waals surface area contributed by atoms with Gasteiger partial charge >= 0.3 is 6.03 Å². The van der Waals surface area contributed by atoms with Gasteiger partial charge in [0.1, 0.15) is 5.82 Å². The first kappa shape index (κ1) is 14.7. The smallest absolute Gasteiger partial charge is 0.318 e. The van der Waals surface area contributed by atoms with Gasteiger partial charge in [0.25, 0.3) is 0 Å². The summed E-state index contributed by atoms with van der Waals surface area (Å²) in [7, 11) is 0. The van der Waals surface area contributed by atoms with Gasteiger partial charge in [0.05, 0.1) is 23.9 Å². The van der Waals surface area contributed by atoms with Gasteiger partial charge in [-0.3, -0.25) is 0 Å². The first-order valence-electron chi connectivity index (χ1n) is 6.56. The first-order valence-corrected chi connectivity index (χ1v) is 6.56. The highest BCUT2D eigenvalue weighted by Gasteiger charge is 2.22.